The van der Waals surface area contributed by atoms with E-state index in [0.29, 0.717) is 5.56 Å². The van der Waals surface area contributed by atoms with Crippen LogP contribution in [0.4, 0.5) is 0 Å². The zero-order valence-corrected chi connectivity index (χ0v) is 6.99. The van der Waals surface area contributed by atoms with E-state index in [1.165, 1.54) is 12.1 Å². The molecule has 1 saturated heterocycles. The SMILES string of the molecule is Oc1cc(O)c(C2CNC2)c(O)c1. The van der Waals surface area contributed by atoms with Gasteiger partial charge in [-0.2, -0.15) is 0 Å². The minimum absolute atomic E-state index is 0.0380. The van der Waals surface area contributed by atoms with E-state index >= 15 is 0 Å². The van der Waals surface area contributed by atoms with Crippen LogP contribution in [0.3, 0.4) is 0 Å². The van der Waals surface area contributed by atoms with Crippen LogP contribution in [0.5, 0.6) is 17.2 Å². The second-order valence-electron chi connectivity index (χ2n) is 3.25. The highest BCUT2D eigenvalue weighted by atomic mass is 16.3. The lowest BCUT2D eigenvalue weighted by atomic mass is 9.92. The molecule has 0 bridgehead atoms. The highest BCUT2D eigenvalue weighted by Crippen LogP contribution is 2.38. The molecule has 4 N–H and O–H groups in total. The molecule has 2 rings (SSSR count). The van der Waals surface area contributed by atoms with E-state index < -0.39 is 0 Å². The average Bonchev–Trinajstić information content (AvgIpc) is 1.92. The lowest BCUT2D eigenvalue weighted by molar-refractivity contribution is 0.379. The predicted molar refractivity (Wildman–Crippen MR) is 47.0 cm³/mol. The summed E-state index contributed by atoms with van der Waals surface area (Å²) in [5, 5.41) is 31.0. The molecule has 13 heavy (non-hydrogen) atoms. The number of aromatic hydroxyl groups is 3. The first-order valence-corrected chi connectivity index (χ1v) is 4.14. The summed E-state index contributed by atoms with van der Waals surface area (Å²) in [7, 11) is 0. The van der Waals surface area contributed by atoms with Crippen molar-refractivity contribution in [3.05, 3.63) is 17.7 Å². The summed E-state index contributed by atoms with van der Waals surface area (Å²) in [5.41, 5.74) is 0.525. The number of benzene rings is 1. The fraction of sp³-hybridized carbons (Fsp3) is 0.333. The summed E-state index contributed by atoms with van der Waals surface area (Å²) >= 11 is 0. The third-order valence-corrected chi connectivity index (χ3v) is 2.31. The summed E-state index contributed by atoms with van der Waals surface area (Å²) < 4.78 is 0. The van der Waals surface area contributed by atoms with Crippen LogP contribution >= 0.6 is 0 Å². The first-order chi connectivity index (χ1) is 6.18. The van der Waals surface area contributed by atoms with E-state index in [-0.39, 0.29) is 23.2 Å². The molecule has 0 spiro atoms. The summed E-state index contributed by atoms with van der Waals surface area (Å²) in [4.78, 5) is 0. The minimum atomic E-state index is -0.119. The Hall–Kier alpha value is -1.42. The van der Waals surface area contributed by atoms with Crippen molar-refractivity contribution in [1.29, 1.82) is 0 Å². The maximum atomic E-state index is 9.46. The van der Waals surface area contributed by atoms with Crippen LogP contribution in [0.25, 0.3) is 0 Å². The Bertz CT molecular complexity index is 311. The number of nitrogens with one attached hydrogen (secondary N) is 1. The second-order valence-corrected chi connectivity index (χ2v) is 3.25. The molecule has 1 aromatic carbocycles. The number of hydrogen-bond donors (Lipinski definition) is 4. The quantitative estimate of drug-likeness (QED) is 0.508. The zero-order valence-electron chi connectivity index (χ0n) is 6.99. The second kappa shape index (κ2) is 2.81. The van der Waals surface area contributed by atoms with Crippen LogP contribution in [-0.4, -0.2) is 28.4 Å². The van der Waals surface area contributed by atoms with Gasteiger partial charge in [-0.15, -0.1) is 0 Å². The third kappa shape index (κ3) is 1.29. The Labute approximate surface area is 75.5 Å². The van der Waals surface area contributed by atoms with Crippen molar-refractivity contribution in [3.63, 3.8) is 0 Å². The maximum Gasteiger partial charge on any atom is 0.126 e. The summed E-state index contributed by atoms with van der Waals surface area (Å²) in [6.45, 7) is 1.51. The van der Waals surface area contributed by atoms with Gasteiger partial charge in [0.25, 0.3) is 0 Å². The fourth-order valence-corrected chi connectivity index (χ4v) is 1.52. The Morgan fingerprint density at radius 2 is 1.62 bits per heavy atom. The van der Waals surface area contributed by atoms with Gasteiger partial charge in [0.1, 0.15) is 17.2 Å². The van der Waals surface area contributed by atoms with Crippen LogP contribution in [0.1, 0.15) is 11.5 Å². The van der Waals surface area contributed by atoms with E-state index in [4.69, 9.17) is 5.11 Å². The molecule has 0 unspecified atom stereocenters. The Morgan fingerprint density at radius 1 is 1.08 bits per heavy atom. The van der Waals surface area contributed by atoms with Crippen molar-refractivity contribution in [1.82, 2.24) is 5.32 Å². The molecular formula is C9H11NO3. The summed E-state index contributed by atoms with van der Waals surface area (Å²) in [5.74, 6) is -0.0420. The van der Waals surface area contributed by atoms with Gasteiger partial charge in [-0.3, -0.25) is 0 Å². The molecule has 0 saturated carbocycles. The predicted octanol–water partition coefficient (Wildman–Crippen LogP) is 0.490. The standard InChI is InChI=1S/C9H11NO3/c11-6-1-7(12)9(8(13)2-6)5-3-10-4-5/h1-2,5,10-13H,3-4H2. The van der Waals surface area contributed by atoms with E-state index in [1.807, 2.05) is 0 Å². The highest BCUT2D eigenvalue weighted by Gasteiger charge is 2.25. The van der Waals surface area contributed by atoms with Crippen LogP contribution < -0.4 is 5.32 Å². The van der Waals surface area contributed by atoms with E-state index in [0.717, 1.165) is 13.1 Å². The van der Waals surface area contributed by atoms with E-state index in [9.17, 15) is 10.2 Å². The molecule has 1 fully saturated rings. The number of rotatable bonds is 1. The number of phenolic OH excluding ortho intramolecular Hbond substituents is 3. The highest BCUT2D eigenvalue weighted by molar-refractivity contribution is 5.51. The van der Waals surface area contributed by atoms with Gasteiger partial charge in [-0.25, -0.2) is 0 Å². The molecule has 1 aliphatic rings. The molecular weight excluding hydrogens is 170 g/mol. The van der Waals surface area contributed by atoms with Crippen molar-refractivity contribution >= 4 is 0 Å². The molecule has 1 aromatic rings. The van der Waals surface area contributed by atoms with Gasteiger partial charge in [-0.1, -0.05) is 0 Å². The Morgan fingerprint density at radius 3 is 2.00 bits per heavy atom. The van der Waals surface area contributed by atoms with Crippen molar-refractivity contribution in [2.45, 2.75) is 5.92 Å². The molecule has 0 aliphatic carbocycles. The van der Waals surface area contributed by atoms with Crippen LogP contribution in [0.2, 0.25) is 0 Å². The Balaban J connectivity index is 2.43. The third-order valence-electron chi connectivity index (χ3n) is 2.31. The lowest BCUT2D eigenvalue weighted by Gasteiger charge is -2.28. The number of hydrogen-bond acceptors (Lipinski definition) is 4. The first kappa shape index (κ1) is 8.19. The molecule has 70 valence electrons. The monoisotopic (exact) mass is 181 g/mol. The fourth-order valence-electron chi connectivity index (χ4n) is 1.52. The van der Waals surface area contributed by atoms with Crippen LogP contribution in [0.15, 0.2) is 12.1 Å². The molecule has 0 aromatic heterocycles. The van der Waals surface area contributed by atoms with Crippen LogP contribution in [0, 0.1) is 0 Å². The molecule has 4 heteroatoms. The van der Waals surface area contributed by atoms with Gasteiger partial charge in [-0.05, 0) is 0 Å². The van der Waals surface area contributed by atoms with Crippen molar-refractivity contribution in [2.75, 3.05) is 13.1 Å². The van der Waals surface area contributed by atoms with Crippen molar-refractivity contribution in [3.8, 4) is 17.2 Å². The van der Waals surface area contributed by atoms with Crippen LogP contribution in [-0.2, 0) is 0 Å². The summed E-state index contributed by atoms with van der Waals surface area (Å²) in [6, 6.07) is 2.49. The lowest BCUT2D eigenvalue weighted by Crippen LogP contribution is -2.39. The van der Waals surface area contributed by atoms with Gasteiger partial charge in [0.2, 0.25) is 0 Å². The molecule has 4 nitrogen and oxygen atoms in total. The van der Waals surface area contributed by atoms with E-state index in [2.05, 4.69) is 5.32 Å². The van der Waals surface area contributed by atoms with Gasteiger partial charge >= 0.3 is 0 Å². The van der Waals surface area contributed by atoms with E-state index in [1.54, 1.807) is 0 Å². The van der Waals surface area contributed by atoms with Gasteiger partial charge in [0.15, 0.2) is 0 Å². The molecule has 1 heterocycles. The smallest absolute Gasteiger partial charge is 0.126 e. The van der Waals surface area contributed by atoms with Crippen molar-refractivity contribution < 1.29 is 15.3 Å². The number of phenols is 3. The first-order valence-electron chi connectivity index (χ1n) is 4.14. The van der Waals surface area contributed by atoms with Gasteiger partial charge in [0, 0.05) is 36.7 Å². The zero-order chi connectivity index (χ0) is 9.42. The molecule has 0 atom stereocenters. The molecule has 1 aliphatic heterocycles. The van der Waals surface area contributed by atoms with Crippen molar-refractivity contribution in [2.24, 2.45) is 0 Å². The topological polar surface area (TPSA) is 72.7 Å². The molecule has 0 radical (unpaired) electrons. The van der Waals surface area contributed by atoms with Gasteiger partial charge in [0.05, 0.1) is 0 Å². The largest absolute Gasteiger partial charge is 0.508 e. The average molecular weight is 181 g/mol. The van der Waals surface area contributed by atoms with Gasteiger partial charge < -0.3 is 20.6 Å². The maximum absolute atomic E-state index is 9.46. The molecule has 0 amide bonds. The minimum Gasteiger partial charge on any atom is -0.508 e. The Kier molecular flexibility index (Phi) is 1.77. The normalized spacial score (nSPS) is 16.9. The summed E-state index contributed by atoms with van der Waals surface area (Å²) in [6.07, 6.45) is 0.